The first-order chi connectivity index (χ1) is 12.4. The van der Waals surface area contributed by atoms with Crippen molar-refractivity contribution in [3.8, 4) is 0 Å². The lowest BCUT2D eigenvalue weighted by molar-refractivity contribution is -0.140. The Balaban J connectivity index is 1.97. The number of rotatable bonds is 8. The molecule has 1 aromatic carbocycles. The highest BCUT2D eigenvalue weighted by atomic mass is 16.4. The predicted octanol–water partition coefficient (Wildman–Crippen LogP) is 1.75. The lowest BCUT2D eigenvalue weighted by atomic mass is 10.0. The number of nitrogens with zero attached hydrogens (tertiary/aromatic N) is 2. The zero-order chi connectivity index (χ0) is 19.1. The Bertz CT molecular complexity index is 771. The van der Waals surface area contributed by atoms with Gasteiger partial charge in [-0.3, -0.25) is 9.59 Å². The van der Waals surface area contributed by atoms with Gasteiger partial charge in [-0.2, -0.15) is 0 Å². The topological polar surface area (TPSA) is 113 Å². The highest BCUT2D eigenvalue weighted by Gasteiger charge is 2.24. The van der Waals surface area contributed by atoms with Crippen molar-refractivity contribution in [1.29, 1.82) is 0 Å². The van der Waals surface area contributed by atoms with Crippen molar-refractivity contribution in [3.05, 3.63) is 48.5 Å². The van der Waals surface area contributed by atoms with E-state index < -0.39 is 17.9 Å². The summed E-state index contributed by atoms with van der Waals surface area (Å²) in [6, 6.07) is 5.41. The molecule has 138 valence electrons. The average molecular weight is 358 g/mol. The van der Waals surface area contributed by atoms with Crippen molar-refractivity contribution in [2.75, 3.05) is 5.32 Å². The Morgan fingerprint density at radius 2 is 2.04 bits per heavy atom. The average Bonchev–Trinajstić information content (AvgIpc) is 3.11. The number of carbonyl (C=O) groups excluding carboxylic acids is 2. The number of nitrogens with one attached hydrogen (secondary N) is 2. The molecule has 2 aromatic rings. The molecule has 0 saturated heterocycles. The van der Waals surface area contributed by atoms with Crippen LogP contribution >= 0.6 is 0 Å². The van der Waals surface area contributed by atoms with Crippen LogP contribution in [0.2, 0.25) is 0 Å². The summed E-state index contributed by atoms with van der Waals surface area (Å²) in [5, 5.41) is 14.4. The van der Waals surface area contributed by atoms with Gasteiger partial charge in [0.1, 0.15) is 6.04 Å². The van der Waals surface area contributed by atoms with Gasteiger partial charge in [0.2, 0.25) is 5.91 Å². The Morgan fingerprint density at radius 1 is 1.27 bits per heavy atom. The third-order valence-corrected chi connectivity index (χ3v) is 3.78. The van der Waals surface area contributed by atoms with Gasteiger partial charge in [0.15, 0.2) is 0 Å². The first-order valence-corrected chi connectivity index (χ1v) is 8.26. The molecular formula is C18H22N4O4. The van der Waals surface area contributed by atoms with Gasteiger partial charge in [-0.1, -0.05) is 19.9 Å². The summed E-state index contributed by atoms with van der Waals surface area (Å²) >= 11 is 0. The summed E-state index contributed by atoms with van der Waals surface area (Å²) in [4.78, 5) is 39.4. The monoisotopic (exact) mass is 358 g/mol. The number of carboxylic acid groups (broad SMARTS) is 1. The largest absolute Gasteiger partial charge is 0.480 e. The third kappa shape index (κ3) is 5.44. The van der Waals surface area contributed by atoms with Gasteiger partial charge in [0, 0.05) is 36.6 Å². The molecule has 8 nitrogen and oxygen atoms in total. The highest BCUT2D eigenvalue weighted by Crippen LogP contribution is 2.12. The van der Waals surface area contributed by atoms with Gasteiger partial charge in [0.05, 0.1) is 6.33 Å². The zero-order valence-electron chi connectivity index (χ0n) is 14.7. The number of carbonyl (C=O) groups is 3. The second-order valence-corrected chi connectivity index (χ2v) is 6.21. The summed E-state index contributed by atoms with van der Waals surface area (Å²) < 4.78 is 1.79. The minimum absolute atomic E-state index is 0.193. The van der Waals surface area contributed by atoms with Crippen LogP contribution in [0.25, 0.3) is 0 Å². The maximum absolute atomic E-state index is 12.3. The van der Waals surface area contributed by atoms with E-state index in [1.165, 1.54) is 6.07 Å². The molecule has 3 N–H and O–H groups in total. The van der Waals surface area contributed by atoms with Crippen LogP contribution in [-0.2, 0) is 16.1 Å². The van der Waals surface area contributed by atoms with Crippen molar-refractivity contribution >= 4 is 23.5 Å². The molecule has 0 bridgehead atoms. The number of amides is 2. The lowest BCUT2D eigenvalue weighted by Gasteiger charge is -2.18. The SMILES string of the molecule is CC(C)[C@@H](NC(=O)c1cccc(NC(=O)CCn2ccnc2)c1)C(=O)O. The molecule has 0 aliphatic heterocycles. The first-order valence-electron chi connectivity index (χ1n) is 8.26. The van der Waals surface area contributed by atoms with Gasteiger partial charge < -0.3 is 20.3 Å². The number of carboxylic acids is 1. The van der Waals surface area contributed by atoms with Gasteiger partial charge in [0.25, 0.3) is 5.91 Å². The number of benzene rings is 1. The van der Waals surface area contributed by atoms with Crippen LogP contribution in [0.4, 0.5) is 5.69 Å². The van der Waals surface area contributed by atoms with Gasteiger partial charge in [-0.05, 0) is 24.1 Å². The number of aryl methyl sites for hydroxylation is 1. The van der Waals surface area contributed by atoms with Crippen LogP contribution in [0.3, 0.4) is 0 Å². The van der Waals surface area contributed by atoms with Gasteiger partial charge in [-0.25, -0.2) is 9.78 Å². The maximum atomic E-state index is 12.3. The lowest BCUT2D eigenvalue weighted by Crippen LogP contribution is -2.44. The molecule has 0 radical (unpaired) electrons. The normalized spacial score (nSPS) is 11.8. The molecular weight excluding hydrogens is 336 g/mol. The van der Waals surface area contributed by atoms with E-state index >= 15 is 0 Å². The van der Waals surface area contributed by atoms with E-state index in [1.54, 1.807) is 55.3 Å². The van der Waals surface area contributed by atoms with E-state index in [1.807, 2.05) is 0 Å². The standard InChI is InChI=1S/C18H22N4O4/c1-12(2)16(18(25)26)21-17(24)13-4-3-5-14(10-13)20-15(23)6-8-22-9-7-19-11-22/h3-5,7,9-12,16H,6,8H2,1-2H3,(H,20,23)(H,21,24)(H,25,26)/t16-/m1/s1. The molecule has 0 aliphatic carbocycles. The van der Waals surface area contributed by atoms with E-state index in [9.17, 15) is 19.5 Å². The minimum atomic E-state index is -1.09. The van der Waals surface area contributed by atoms with Crippen molar-refractivity contribution in [2.24, 2.45) is 5.92 Å². The number of aliphatic carboxylic acids is 1. The highest BCUT2D eigenvalue weighted by molar-refractivity contribution is 5.98. The predicted molar refractivity (Wildman–Crippen MR) is 95.6 cm³/mol. The third-order valence-electron chi connectivity index (χ3n) is 3.78. The second-order valence-electron chi connectivity index (χ2n) is 6.21. The fourth-order valence-corrected chi connectivity index (χ4v) is 2.35. The van der Waals surface area contributed by atoms with Crippen molar-refractivity contribution in [2.45, 2.75) is 32.9 Å². The van der Waals surface area contributed by atoms with E-state index in [-0.39, 0.29) is 23.8 Å². The second kappa shape index (κ2) is 8.80. The molecule has 0 saturated carbocycles. The van der Waals surface area contributed by atoms with E-state index in [0.29, 0.717) is 12.2 Å². The summed E-state index contributed by atoms with van der Waals surface area (Å²) in [5.74, 6) is -2.03. The first kappa shape index (κ1) is 19.2. The van der Waals surface area contributed by atoms with Crippen LogP contribution in [0, 0.1) is 5.92 Å². The molecule has 2 amide bonds. The molecule has 0 unspecified atom stereocenters. The zero-order valence-corrected chi connectivity index (χ0v) is 14.7. The molecule has 0 spiro atoms. The fourth-order valence-electron chi connectivity index (χ4n) is 2.35. The molecule has 1 atom stereocenters. The van der Waals surface area contributed by atoms with Crippen LogP contribution in [0.15, 0.2) is 43.0 Å². The van der Waals surface area contributed by atoms with E-state index in [0.717, 1.165) is 0 Å². The smallest absolute Gasteiger partial charge is 0.326 e. The van der Waals surface area contributed by atoms with E-state index in [4.69, 9.17) is 0 Å². The molecule has 0 aliphatic rings. The summed E-state index contributed by atoms with van der Waals surface area (Å²) in [6.07, 6.45) is 5.31. The van der Waals surface area contributed by atoms with Crippen LogP contribution in [-0.4, -0.2) is 38.5 Å². The van der Waals surface area contributed by atoms with Crippen LogP contribution in [0.5, 0.6) is 0 Å². The molecule has 1 aromatic heterocycles. The quantitative estimate of drug-likeness (QED) is 0.665. The molecule has 26 heavy (non-hydrogen) atoms. The van der Waals surface area contributed by atoms with E-state index in [2.05, 4.69) is 15.6 Å². The molecule has 1 heterocycles. The molecule has 2 rings (SSSR count). The molecule has 8 heteroatoms. The summed E-state index contributed by atoms with van der Waals surface area (Å²) in [5.41, 5.74) is 0.758. The van der Waals surface area contributed by atoms with Gasteiger partial charge >= 0.3 is 5.97 Å². The Kier molecular flexibility index (Phi) is 6.48. The van der Waals surface area contributed by atoms with Crippen molar-refractivity contribution in [1.82, 2.24) is 14.9 Å². The van der Waals surface area contributed by atoms with Crippen molar-refractivity contribution in [3.63, 3.8) is 0 Å². The number of hydrogen-bond donors (Lipinski definition) is 3. The number of hydrogen-bond acceptors (Lipinski definition) is 4. The van der Waals surface area contributed by atoms with Gasteiger partial charge in [-0.15, -0.1) is 0 Å². The maximum Gasteiger partial charge on any atom is 0.326 e. The number of aromatic nitrogens is 2. The summed E-state index contributed by atoms with van der Waals surface area (Å²) in [6.45, 7) is 3.94. The Hall–Kier alpha value is -3.16. The number of anilines is 1. The minimum Gasteiger partial charge on any atom is -0.480 e. The summed E-state index contributed by atoms with van der Waals surface area (Å²) in [7, 11) is 0. The molecule has 0 fully saturated rings. The fraction of sp³-hybridized carbons (Fsp3) is 0.333. The Morgan fingerprint density at radius 3 is 2.65 bits per heavy atom. The van der Waals surface area contributed by atoms with Crippen molar-refractivity contribution < 1.29 is 19.5 Å². The Labute approximate surface area is 151 Å². The van der Waals surface area contributed by atoms with Crippen LogP contribution < -0.4 is 10.6 Å². The van der Waals surface area contributed by atoms with Crippen LogP contribution in [0.1, 0.15) is 30.6 Å². The number of imidazole rings is 1.